The van der Waals surface area contributed by atoms with Crippen molar-refractivity contribution in [3.63, 3.8) is 0 Å². The van der Waals surface area contributed by atoms with E-state index in [4.69, 9.17) is 23.2 Å². The first kappa shape index (κ1) is 18.6. The number of carbonyl (C=O) groups is 2. The van der Waals surface area contributed by atoms with Gasteiger partial charge in [0.05, 0.1) is 27.5 Å². The fourth-order valence-electron chi connectivity index (χ4n) is 1.85. The summed E-state index contributed by atoms with van der Waals surface area (Å²) in [5.41, 5.74) is -0.589. The minimum absolute atomic E-state index is 0.230. The summed E-state index contributed by atoms with van der Waals surface area (Å²) in [6, 6.07) is 3.12. The maximum atomic E-state index is 12.4. The number of carbonyl (C=O) groups excluding carboxylic acids is 1. The van der Waals surface area contributed by atoms with Crippen LogP contribution in [0.3, 0.4) is 0 Å². The van der Waals surface area contributed by atoms with Gasteiger partial charge in [0.2, 0.25) is 0 Å². The molecular formula is C15H15Cl2N3O3S. The first-order valence-corrected chi connectivity index (χ1v) is 8.77. The van der Waals surface area contributed by atoms with Crippen LogP contribution in [-0.2, 0) is 10.3 Å². The molecule has 1 heterocycles. The molecule has 2 aromatic rings. The summed E-state index contributed by atoms with van der Waals surface area (Å²) in [6.07, 6.45) is 4.67. The third-order valence-corrected chi connectivity index (χ3v) is 4.94. The summed E-state index contributed by atoms with van der Waals surface area (Å²) >= 11 is 13.5. The maximum absolute atomic E-state index is 12.4. The van der Waals surface area contributed by atoms with E-state index in [1.807, 2.05) is 6.26 Å². The van der Waals surface area contributed by atoms with Crippen molar-refractivity contribution in [2.45, 2.75) is 24.3 Å². The second kappa shape index (κ2) is 7.04. The topological polar surface area (TPSA) is 84.2 Å². The summed E-state index contributed by atoms with van der Waals surface area (Å²) in [5, 5.41) is 16.5. The van der Waals surface area contributed by atoms with E-state index in [2.05, 4.69) is 10.4 Å². The van der Waals surface area contributed by atoms with Crippen LogP contribution in [0.1, 0.15) is 24.2 Å². The molecule has 0 aliphatic rings. The number of aromatic nitrogens is 2. The maximum Gasteiger partial charge on any atom is 0.331 e. The SMILES string of the molecule is CSc1cc(C(=O)Nc2cnn(C(C)(C)C(=O)O)c2)c(Cl)cc1Cl. The first-order chi connectivity index (χ1) is 11.2. The number of hydrogen-bond donors (Lipinski definition) is 2. The average Bonchev–Trinajstić information content (AvgIpc) is 2.96. The molecule has 0 radical (unpaired) electrons. The first-order valence-electron chi connectivity index (χ1n) is 6.79. The molecule has 0 saturated carbocycles. The number of benzene rings is 1. The van der Waals surface area contributed by atoms with E-state index in [0.29, 0.717) is 10.7 Å². The van der Waals surface area contributed by atoms with Crippen LogP contribution in [-0.4, -0.2) is 33.0 Å². The van der Waals surface area contributed by atoms with Crippen molar-refractivity contribution in [1.82, 2.24) is 9.78 Å². The number of anilines is 1. The highest BCUT2D eigenvalue weighted by molar-refractivity contribution is 7.98. The molecule has 24 heavy (non-hydrogen) atoms. The van der Waals surface area contributed by atoms with Gasteiger partial charge in [0.25, 0.3) is 5.91 Å². The standard InChI is InChI=1S/C15H15Cl2N3O3S/c1-15(2,14(22)23)20-7-8(6-18-20)19-13(21)9-4-12(24-3)11(17)5-10(9)16/h4-7H,1-3H3,(H,19,21)(H,22,23). The minimum atomic E-state index is -1.23. The summed E-state index contributed by atoms with van der Waals surface area (Å²) in [6.45, 7) is 3.02. The third-order valence-electron chi connectivity index (χ3n) is 3.42. The smallest absolute Gasteiger partial charge is 0.331 e. The fraction of sp³-hybridized carbons (Fsp3) is 0.267. The van der Waals surface area contributed by atoms with E-state index >= 15 is 0 Å². The molecule has 9 heteroatoms. The van der Waals surface area contributed by atoms with E-state index in [1.165, 1.54) is 48.8 Å². The van der Waals surface area contributed by atoms with Gasteiger partial charge in [-0.2, -0.15) is 5.10 Å². The van der Waals surface area contributed by atoms with Crippen molar-refractivity contribution in [2.24, 2.45) is 0 Å². The van der Waals surface area contributed by atoms with Gasteiger partial charge < -0.3 is 10.4 Å². The molecule has 0 unspecified atom stereocenters. The van der Waals surface area contributed by atoms with Crippen LogP contribution >= 0.6 is 35.0 Å². The Morgan fingerprint density at radius 1 is 1.29 bits per heavy atom. The number of nitrogens with zero attached hydrogens (tertiary/aromatic N) is 2. The molecule has 2 N–H and O–H groups in total. The largest absolute Gasteiger partial charge is 0.479 e. The number of halogens is 2. The molecule has 0 atom stereocenters. The lowest BCUT2D eigenvalue weighted by Gasteiger charge is -2.19. The highest BCUT2D eigenvalue weighted by Gasteiger charge is 2.30. The molecule has 0 aliphatic carbocycles. The summed E-state index contributed by atoms with van der Waals surface area (Å²) in [4.78, 5) is 24.4. The molecule has 0 spiro atoms. The number of thioether (sulfide) groups is 1. The molecule has 6 nitrogen and oxygen atoms in total. The normalized spacial score (nSPS) is 11.4. The van der Waals surface area contributed by atoms with Crippen LogP contribution < -0.4 is 5.32 Å². The van der Waals surface area contributed by atoms with Crippen molar-refractivity contribution in [1.29, 1.82) is 0 Å². The molecule has 2 rings (SSSR count). The van der Waals surface area contributed by atoms with Gasteiger partial charge in [-0.3, -0.25) is 9.48 Å². The zero-order valence-corrected chi connectivity index (χ0v) is 15.5. The number of amides is 1. The Morgan fingerprint density at radius 2 is 1.96 bits per heavy atom. The molecule has 0 bridgehead atoms. The molecule has 1 aromatic carbocycles. The Kier molecular flexibility index (Phi) is 5.47. The van der Waals surface area contributed by atoms with E-state index in [9.17, 15) is 14.7 Å². The predicted octanol–water partition coefficient (Wildman–Crippen LogP) is 3.98. The summed E-state index contributed by atoms with van der Waals surface area (Å²) < 4.78 is 1.27. The highest BCUT2D eigenvalue weighted by Crippen LogP contribution is 2.31. The van der Waals surface area contributed by atoms with E-state index in [0.717, 1.165) is 4.90 Å². The van der Waals surface area contributed by atoms with Crippen LogP contribution in [0.15, 0.2) is 29.4 Å². The van der Waals surface area contributed by atoms with Gasteiger partial charge in [-0.15, -0.1) is 11.8 Å². The highest BCUT2D eigenvalue weighted by atomic mass is 35.5. The van der Waals surface area contributed by atoms with E-state index < -0.39 is 17.4 Å². The number of aliphatic carboxylic acids is 1. The minimum Gasteiger partial charge on any atom is -0.479 e. The second-order valence-electron chi connectivity index (χ2n) is 5.46. The molecule has 0 aliphatic heterocycles. The monoisotopic (exact) mass is 387 g/mol. The van der Waals surface area contributed by atoms with Crippen LogP contribution in [0.25, 0.3) is 0 Å². The van der Waals surface area contributed by atoms with Gasteiger partial charge in [0.1, 0.15) is 0 Å². The number of hydrogen-bond acceptors (Lipinski definition) is 4. The molecule has 1 amide bonds. The van der Waals surface area contributed by atoms with Crippen molar-refractivity contribution in [3.8, 4) is 0 Å². The lowest BCUT2D eigenvalue weighted by molar-refractivity contribution is -0.146. The fourth-order valence-corrected chi connectivity index (χ4v) is 3.04. The Labute approximate surface area is 153 Å². The quantitative estimate of drug-likeness (QED) is 0.757. The van der Waals surface area contributed by atoms with E-state index in [1.54, 1.807) is 6.07 Å². The molecular weight excluding hydrogens is 373 g/mol. The van der Waals surface area contributed by atoms with Crippen LogP contribution in [0.5, 0.6) is 0 Å². The molecule has 1 aromatic heterocycles. The Hall–Kier alpha value is -1.70. The molecule has 0 fully saturated rings. The lowest BCUT2D eigenvalue weighted by atomic mass is 10.1. The van der Waals surface area contributed by atoms with Crippen LogP contribution in [0.2, 0.25) is 10.0 Å². The van der Waals surface area contributed by atoms with Gasteiger partial charge in [-0.1, -0.05) is 23.2 Å². The number of carboxylic acids is 1. The van der Waals surface area contributed by atoms with Gasteiger partial charge in [0.15, 0.2) is 5.54 Å². The Morgan fingerprint density at radius 3 is 2.54 bits per heavy atom. The van der Waals surface area contributed by atoms with Gasteiger partial charge >= 0.3 is 5.97 Å². The third kappa shape index (κ3) is 3.68. The lowest BCUT2D eigenvalue weighted by Crippen LogP contribution is -2.35. The van der Waals surface area contributed by atoms with Crippen LogP contribution in [0.4, 0.5) is 5.69 Å². The Bertz CT molecular complexity index is 805. The summed E-state index contributed by atoms with van der Waals surface area (Å²) in [7, 11) is 0. The van der Waals surface area contributed by atoms with E-state index in [-0.39, 0.29) is 10.6 Å². The van der Waals surface area contributed by atoms with Gasteiger partial charge in [-0.05, 0) is 32.2 Å². The zero-order valence-electron chi connectivity index (χ0n) is 13.1. The van der Waals surface area contributed by atoms with Crippen molar-refractivity contribution < 1.29 is 14.7 Å². The van der Waals surface area contributed by atoms with Crippen molar-refractivity contribution in [3.05, 3.63) is 40.1 Å². The molecule has 128 valence electrons. The average molecular weight is 388 g/mol. The number of nitrogens with one attached hydrogen (secondary N) is 1. The Balaban J connectivity index is 2.25. The predicted molar refractivity (Wildman–Crippen MR) is 95.4 cm³/mol. The van der Waals surface area contributed by atoms with Gasteiger partial charge in [0, 0.05) is 11.1 Å². The van der Waals surface area contributed by atoms with Crippen molar-refractivity contribution in [2.75, 3.05) is 11.6 Å². The summed E-state index contributed by atoms with van der Waals surface area (Å²) in [5.74, 6) is -1.46. The van der Waals surface area contributed by atoms with Crippen molar-refractivity contribution >= 4 is 52.5 Å². The molecule has 0 saturated heterocycles. The zero-order chi connectivity index (χ0) is 18.1. The number of carboxylic acid groups (broad SMARTS) is 1. The number of rotatable bonds is 5. The second-order valence-corrected chi connectivity index (χ2v) is 7.12. The van der Waals surface area contributed by atoms with Gasteiger partial charge in [-0.25, -0.2) is 4.79 Å². The van der Waals surface area contributed by atoms with Crippen LogP contribution in [0, 0.1) is 0 Å².